The molecule has 5 heteroatoms. The second kappa shape index (κ2) is 8.19. The quantitative estimate of drug-likeness (QED) is 0.490. The van der Waals surface area contributed by atoms with Gasteiger partial charge in [0.25, 0.3) is 0 Å². The predicted molar refractivity (Wildman–Crippen MR) is 113 cm³/mol. The molecular weight excluding hydrogens is 366 g/mol. The molecule has 0 bridgehead atoms. The highest BCUT2D eigenvalue weighted by Crippen LogP contribution is 2.55. The van der Waals surface area contributed by atoms with Crippen LogP contribution in [0.1, 0.15) is 53.9 Å². The van der Waals surface area contributed by atoms with E-state index in [-0.39, 0.29) is 35.5 Å². The molecular formula is C24H35NO4. The fourth-order valence-corrected chi connectivity index (χ4v) is 5.53. The summed E-state index contributed by atoms with van der Waals surface area (Å²) in [6.07, 6.45) is 6.60. The van der Waals surface area contributed by atoms with E-state index >= 15 is 0 Å². The number of allylic oxidation sites excluding steroid dienone is 5. The van der Waals surface area contributed by atoms with E-state index < -0.39 is 17.6 Å². The Morgan fingerprint density at radius 2 is 1.90 bits per heavy atom. The highest BCUT2D eigenvalue weighted by atomic mass is 16.3. The van der Waals surface area contributed by atoms with Gasteiger partial charge in [-0.2, -0.15) is 0 Å². The van der Waals surface area contributed by atoms with Crippen LogP contribution in [-0.4, -0.2) is 40.2 Å². The van der Waals surface area contributed by atoms with E-state index in [1.165, 1.54) is 17.7 Å². The van der Waals surface area contributed by atoms with Gasteiger partial charge in [-0.15, -0.1) is 0 Å². The molecule has 0 aromatic heterocycles. The van der Waals surface area contributed by atoms with Crippen molar-refractivity contribution < 1.29 is 19.8 Å². The van der Waals surface area contributed by atoms with Gasteiger partial charge in [0, 0.05) is 17.9 Å². The molecule has 3 rings (SSSR count). The number of aliphatic hydroxyl groups excluding tert-OH is 2. The standard InChI is InChI=1S/C24H35NO4/c1-13(2)10-18-22-16(5)15(4)12-17-11-14(3)6-7-19(26)20(27)8-9-21(28)24(17,22)23(29)25-18/h8-9,11-13,16-20,22,26-27H,6-7,10H2,1-5H3,(H,25,29)/t16?,17?,18?,19?,20?,22?,24-/m1/s1. The lowest BCUT2D eigenvalue weighted by Gasteiger charge is -2.44. The summed E-state index contributed by atoms with van der Waals surface area (Å²) in [5, 5.41) is 23.6. The van der Waals surface area contributed by atoms with Crippen molar-refractivity contribution in [3.63, 3.8) is 0 Å². The Morgan fingerprint density at radius 1 is 1.21 bits per heavy atom. The van der Waals surface area contributed by atoms with E-state index in [0.29, 0.717) is 18.8 Å². The van der Waals surface area contributed by atoms with Crippen LogP contribution in [0.5, 0.6) is 0 Å². The normalized spacial score (nSPS) is 40.6. The highest BCUT2D eigenvalue weighted by Gasteiger charge is 2.64. The molecule has 1 heterocycles. The molecule has 5 nitrogen and oxygen atoms in total. The number of ketones is 1. The molecule has 2 aliphatic carbocycles. The maximum Gasteiger partial charge on any atom is 0.235 e. The van der Waals surface area contributed by atoms with Crippen LogP contribution in [0, 0.1) is 29.1 Å². The zero-order valence-electron chi connectivity index (χ0n) is 18.2. The van der Waals surface area contributed by atoms with Crippen LogP contribution in [0.2, 0.25) is 0 Å². The minimum atomic E-state index is -1.20. The topological polar surface area (TPSA) is 86.6 Å². The summed E-state index contributed by atoms with van der Waals surface area (Å²) in [5.74, 6) is -0.455. The Bertz CT molecular complexity index is 765. The molecule has 0 saturated carbocycles. The molecule has 6 unspecified atom stereocenters. The Morgan fingerprint density at radius 3 is 2.55 bits per heavy atom. The van der Waals surface area contributed by atoms with Gasteiger partial charge in [-0.3, -0.25) is 9.59 Å². The summed E-state index contributed by atoms with van der Waals surface area (Å²) in [7, 11) is 0. The monoisotopic (exact) mass is 401 g/mol. The molecule has 1 saturated heterocycles. The van der Waals surface area contributed by atoms with Crippen LogP contribution in [0.4, 0.5) is 0 Å². The predicted octanol–water partition coefficient (Wildman–Crippen LogP) is 2.93. The van der Waals surface area contributed by atoms with E-state index in [1.807, 2.05) is 13.0 Å². The number of carbonyl (C=O) groups excluding carboxylic acids is 2. The number of hydrogen-bond acceptors (Lipinski definition) is 4. The third-order valence-electron chi connectivity index (χ3n) is 7.15. The first-order valence-electron chi connectivity index (χ1n) is 10.8. The molecule has 3 N–H and O–H groups in total. The minimum Gasteiger partial charge on any atom is -0.390 e. The maximum atomic E-state index is 13.6. The molecule has 160 valence electrons. The molecule has 0 aromatic rings. The summed E-state index contributed by atoms with van der Waals surface area (Å²) >= 11 is 0. The van der Waals surface area contributed by atoms with Gasteiger partial charge < -0.3 is 15.5 Å². The smallest absolute Gasteiger partial charge is 0.235 e. The summed E-state index contributed by atoms with van der Waals surface area (Å²) in [4.78, 5) is 27.1. The number of rotatable bonds is 2. The number of aliphatic hydroxyl groups is 2. The zero-order chi connectivity index (χ0) is 21.5. The highest BCUT2D eigenvalue weighted by molar-refractivity contribution is 6.13. The lowest BCUT2D eigenvalue weighted by molar-refractivity contribution is -0.142. The summed E-state index contributed by atoms with van der Waals surface area (Å²) in [6.45, 7) is 10.4. The second-order valence-electron chi connectivity index (χ2n) is 9.66. The first-order valence-corrected chi connectivity index (χ1v) is 10.8. The lowest BCUT2D eigenvalue weighted by Crippen LogP contribution is -2.51. The lowest BCUT2D eigenvalue weighted by atomic mass is 9.55. The van der Waals surface area contributed by atoms with Gasteiger partial charge in [0.05, 0.1) is 12.2 Å². The largest absolute Gasteiger partial charge is 0.390 e. The number of nitrogens with one attached hydrogen (secondary N) is 1. The minimum absolute atomic E-state index is 0.0599. The Hall–Kier alpha value is -1.72. The van der Waals surface area contributed by atoms with Crippen LogP contribution in [-0.2, 0) is 9.59 Å². The van der Waals surface area contributed by atoms with E-state index in [4.69, 9.17) is 0 Å². The van der Waals surface area contributed by atoms with Crippen molar-refractivity contribution in [3.05, 3.63) is 35.5 Å². The summed E-state index contributed by atoms with van der Waals surface area (Å²) < 4.78 is 0. The maximum absolute atomic E-state index is 13.6. The number of amides is 1. The van der Waals surface area contributed by atoms with E-state index in [1.54, 1.807) is 0 Å². The van der Waals surface area contributed by atoms with E-state index in [9.17, 15) is 19.8 Å². The second-order valence-corrected chi connectivity index (χ2v) is 9.66. The van der Waals surface area contributed by atoms with E-state index in [0.717, 1.165) is 12.0 Å². The first kappa shape index (κ1) is 22.0. The average molecular weight is 402 g/mol. The van der Waals surface area contributed by atoms with Crippen molar-refractivity contribution in [3.8, 4) is 0 Å². The van der Waals surface area contributed by atoms with Crippen LogP contribution >= 0.6 is 0 Å². The molecule has 1 amide bonds. The third-order valence-corrected chi connectivity index (χ3v) is 7.15. The molecule has 1 spiro atoms. The van der Waals surface area contributed by atoms with Gasteiger partial charge in [-0.25, -0.2) is 0 Å². The summed E-state index contributed by atoms with van der Waals surface area (Å²) in [5.41, 5.74) is 1.02. The van der Waals surface area contributed by atoms with Crippen LogP contribution in [0.25, 0.3) is 0 Å². The van der Waals surface area contributed by atoms with Crippen LogP contribution in [0.3, 0.4) is 0 Å². The van der Waals surface area contributed by atoms with Gasteiger partial charge >= 0.3 is 0 Å². The Balaban J connectivity index is 2.20. The zero-order valence-corrected chi connectivity index (χ0v) is 18.2. The van der Waals surface area contributed by atoms with Gasteiger partial charge in [0.15, 0.2) is 5.78 Å². The van der Waals surface area contributed by atoms with Gasteiger partial charge in [-0.1, -0.05) is 50.1 Å². The average Bonchev–Trinajstić information content (AvgIpc) is 2.93. The van der Waals surface area contributed by atoms with Gasteiger partial charge in [-0.05, 0) is 51.0 Å². The van der Waals surface area contributed by atoms with Crippen LogP contribution < -0.4 is 5.32 Å². The van der Waals surface area contributed by atoms with Gasteiger partial charge in [0.2, 0.25) is 5.91 Å². The molecule has 0 radical (unpaired) electrons. The Labute approximate surface area is 174 Å². The molecule has 1 fully saturated rings. The molecule has 1 aliphatic heterocycles. The molecule has 29 heavy (non-hydrogen) atoms. The number of hydrogen-bond donors (Lipinski definition) is 3. The van der Waals surface area contributed by atoms with Gasteiger partial charge in [0.1, 0.15) is 5.41 Å². The van der Waals surface area contributed by atoms with Crippen molar-refractivity contribution in [1.82, 2.24) is 5.32 Å². The fraction of sp³-hybridized carbons (Fsp3) is 0.667. The SMILES string of the molecule is CC1=CC2C=C(C)C(C)C3C(CC(C)C)NC(=O)[C@@]23C(=O)C=CC(O)C(O)CC1. The van der Waals surface area contributed by atoms with E-state index in [2.05, 4.69) is 39.1 Å². The van der Waals surface area contributed by atoms with Crippen LogP contribution in [0.15, 0.2) is 35.5 Å². The Kier molecular flexibility index (Phi) is 6.21. The molecule has 7 atom stereocenters. The van der Waals surface area contributed by atoms with Crippen molar-refractivity contribution in [2.45, 2.75) is 72.1 Å². The van der Waals surface area contributed by atoms with Crippen molar-refractivity contribution in [2.75, 3.05) is 0 Å². The van der Waals surface area contributed by atoms with Crippen molar-refractivity contribution in [1.29, 1.82) is 0 Å². The number of carbonyl (C=O) groups is 2. The third kappa shape index (κ3) is 3.75. The first-order chi connectivity index (χ1) is 13.6. The fourth-order valence-electron chi connectivity index (χ4n) is 5.53. The van der Waals surface area contributed by atoms with Crippen molar-refractivity contribution >= 4 is 11.7 Å². The van der Waals surface area contributed by atoms with Crippen molar-refractivity contribution in [2.24, 2.45) is 29.1 Å². The molecule has 3 aliphatic rings. The molecule has 0 aromatic carbocycles. The summed E-state index contributed by atoms with van der Waals surface area (Å²) in [6, 6.07) is -0.0599.